The average molecular weight is 437 g/mol. The number of benzene rings is 1. The van der Waals surface area contributed by atoms with Gasteiger partial charge in [-0.2, -0.15) is 5.26 Å². The predicted molar refractivity (Wildman–Crippen MR) is 124 cm³/mol. The molecule has 0 bridgehead atoms. The molecule has 0 radical (unpaired) electrons. The van der Waals surface area contributed by atoms with E-state index in [9.17, 15) is 10.1 Å². The van der Waals surface area contributed by atoms with E-state index in [0.29, 0.717) is 18.7 Å². The van der Waals surface area contributed by atoms with Gasteiger partial charge in [-0.1, -0.05) is 6.07 Å². The van der Waals surface area contributed by atoms with Crippen LogP contribution < -0.4 is 4.72 Å². The molecule has 1 fully saturated rings. The van der Waals surface area contributed by atoms with Crippen LogP contribution in [0.15, 0.2) is 53.7 Å². The first kappa shape index (κ1) is 21.5. The van der Waals surface area contributed by atoms with Gasteiger partial charge < -0.3 is 19.4 Å². The van der Waals surface area contributed by atoms with Crippen LogP contribution in [0, 0.1) is 11.3 Å². The Balaban J connectivity index is 1.49. The number of aromatic nitrogens is 2. The Morgan fingerprint density at radius 1 is 1.23 bits per heavy atom. The molecule has 4 rings (SSSR count). The number of nitriles is 1. The van der Waals surface area contributed by atoms with E-state index in [2.05, 4.69) is 39.9 Å². The zero-order valence-corrected chi connectivity index (χ0v) is 18.6. The fraction of sp³-hybridized carbons (Fsp3) is 0.391. The van der Waals surface area contributed by atoms with Crippen LogP contribution in [0.1, 0.15) is 18.5 Å². The topological polar surface area (TPSA) is 80.1 Å². The normalized spacial score (nSPS) is 16.2. The zero-order chi connectivity index (χ0) is 21.6. The van der Waals surface area contributed by atoms with E-state index in [-0.39, 0.29) is 11.9 Å². The largest absolute Gasteiger partial charge is 0.361 e. The van der Waals surface area contributed by atoms with Crippen molar-refractivity contribution in [3.05, 3.63) is 54.5 Å². The van der Waals surface area contributed by atoms with Gasteiger partial charge in [0, 0.05) is 54.4 Å². The monoisotopic (exact) mass is 436 g/mol. The van der Waals surface area contributed by atoms with Crippen molar-refractivity contribution < 1.29 is 4.79 Å². The molecule has 1 amide bonds. The Bertz CT molecular complexity index is 1070. The number of hydrogen-bond acceptors (Lipinski definition) is 5. The third-order valence-electron chi connectivity index (χ3n) is 5.80. The predicted octanol–water partition coefficient (Wildman–Crippen LogP) is 3.06. The summed E-state index contributed by atoms with van der Waals surface area (Å²) in [5.74, 6) is 0.134. The van der Waals surface area contributed by atoms with Crippen LogP contribution in [0.4, 0.5) is 0 Å². The van der Waals surface area contributed by atoms with Crippen molar-refractivity contribution in [1.82, 2.24) is 24.1 Å². The van der Waals surface area contributed by atoms with Gasteiger partial charge >= 0.3 is 0 Å². The fourth-order valence-electron chi connectivity index (χ4n) is 3.98. The number of rotatable bonds is 7. The second-order valence-electron chi connectivity index (χ2n) is 7.94. The molecular formula is C23H28N6OS. The summed E-state index contributed by atoms with van der Waals surface area (Å²) in [6.45, 7) is 4.05. The van der Waals surface area contributed by atoms with Gasteiger partial charge in [-0.05, 0) is 68.7 Å². The average Bonchev–Trinajstić information content (AvgIpc) is 3.39. The molecule has 0 aliphatic carbocycles. The molecule has 31 heavy (non-hydrogen) atoms. The molecule has 1 aliphatic heterocycles. The number of aryl methyl sites for hydroxylation is 1. The number of likely N-dealkylation sites (N-methyl/N-ethyl adjacent to an activating group) is 1. The van der Waals surface area contributed by atoms with Crippen molar-refractivity contribution in [2.45, 2.75) is 30.3 Å². The summed E-state index contributed by atoms with van der Waals surface area (Å²) in [5.41, 5.74) is 1.70. The molecule has 1 aromatic carbocycles. The van der Waals surface area contributed by atoms with E-state index >= 15 is 0 Å². The van der Waals surface area contributed by atoms with Gasteiger partial charge in [-0.15, -0.1) is 0 Å². The molecule has 7 nitrogen and oxygen atoms in total. The Hall–Kier alpha value is -2.73. The first-order valence-corrected chi connectivity index (χ1v) is 11.5. The quantitative estimate of drug-likeness (QED) is 0.557. The maximum absolute atomic E-state index is 13.5. The van der Waals surface area contributed by atoms with E-state index in [0.717, 1.165) is 48.4 Å². The zero-order valence-electron chi connectivity index (χ0n) is 17.8. The van der Waals surface area contributed by atoms with Crippen molar-refractivity contribution in [3.63, 3.8) is 0 Å². The van der Waals surface area contributed by atoms with Crippen molar-refractivity contribution in [3.8, 4) is 6.07 Å². The molecule has 1 saturated heterocycles. The minimum absolute atomic E-state index is 0.134. The SMILES string of the molecule is CN1CCCN(C(=O)C(CCn2cccc2C#N)NSc2cccc3[nH]ccc23)CC1. The highest BCUT2D eigenvalue weighted by atomic mass is 32.2. The highest BCUT2D eigenvalue weighted by molar-refractivity contribution is 7.97. The highest BCUT2D eigenvalue weighted by Gasteiger charge is 2.26. The first-order chi connectivity index (χ1) is 15.2. The lowest BCUT2D eigenvalue weighted by atomic mass is 10.2. The van der Waals surface area contributed by atoms with Crippen LogP contribution in [-0.4, -0.2) is 64.5 Å². The standard InChI is InChI=1S/C23H28N6OS/c1-27-11-4-13-29(16-15-27)23(30)21(9-14-28-12-3-5-18(28)17-24)26-31-22-7-2-6-20-19(22)8-10-25-20/h2-3,5-8,10,12,21,25-26H,4,9,11,13-16H2,1H3. The molecule has 3 heterocycles. The summed E-state index contributed by atoms with van der Waals surface area (Å²) < 4.78 is 5.36. The van der Waals surface area contributed by atoms with Gasteiger partial charge in [0.1, 0.15) is 11.8 Å². The number of fused-ring (bicyclic) bond motifs is 1. The van der Waals surface area contributed by atoms with Crippen molar-refractivity contribution >= 4 is 28.8 Å². The van der Waals surface area contributed by atoms with Gasteiger partial charge in [-0.25, -0.2) is 4.72 Å². The Labute approximate surface area is 187 Å². The minimum atomic E-state index is -0.337. The molecule has 162 valence electrons. The Kier molecular flexibility index (Phi) is 6.97. The van der Waals surface area contributed by atoms with Crippen molar-refractivity contribution in [2.24, 2.45) is 0 Å². The summed E-state index contributed by atoms with van der Waals surface area (Å²) in [7, 11) is 2.10. The van der Waals surface area contributed by atoms with Crippen LogP contribution in [0.2, 0.25) is 0 Å². The molecular weight excluding hydrogens is 408 g/mol. The third-order valence-corrected chi connectivity index (χ3v) is 6.78. The van der Waals surface area contributed by atoms with Gasteiger partial charge in [0.05, 0.1) is 6.04 Å². The maximum Gasteiger partial charge on any atom is 0.240 e. The van der Waals surface area contributed by atoms with Crippen LogP contribution in [0.3, 0.4) is 0 Å². The van der Waals surface area contributed by atoms with Gasteiger partial charge in [-0.3, -0.25) is 4.79 Å². The van der Waals surface area contributed by atoms with E-state index in [4.69, 9.17) is 0 Å². The summed E-state index contributed by atoms with van der Waals surface area (Å²) in [4.78, 5) is 22.0. The number of hydrogen-bond donors (Lipinski definition) is 2. The molecule has 2 N–H and O–H groups in total. The summed E-state index contributed by atoms with van der Waals surface area (Å²) >= 11 is 1.51. The molecule has 1 unspecified atom stereocenters. The van der Waals surface area contributed by atoms with Crippen LogP contribution >= 0.6 is 11.9 Å². The maximum atomic E-state index is 13.5. The summed E-state index contributed by atoms with van der Waals surface area (Å²) in [6.07, 6.45) is 5.43. The lowest BCUT2D eigenvalue weighted by Crippen LogP contribution is -2.46. The molecule has 0 saturated carbocycles. The van der Waals surface area contributed by atoms with E-state index in [1.807, 2.05) is 40.1 Å². The number of amides is 1. The number of aromatic amines is 1. The number of carbonyl (C=O) groups excluding carboxylic acids is 1. The van der Waals surface area contributed by atoms with E-state index in [1.54, 1.807) is 6.07 Å². The Morgan fingerprint density at radius 2 is 2.13 bits per heavy atom. The van der Waals surface area contributed by atoms with Gasteiger partial charge in [0.25, 0.3) is 0 Å². The lowest BCUT2D eigenvalue weighted by molar-refractivity contribution is -0.133. The van der Waals surface area contributed by atoms with Crippen LogP contribution in [0.25, 0.3) is 10.9 Å². The molecule has 3 aromatic rings. The smallest absolute Gasteiger partial charge is 0.240 e. The fourth-order valence-corrected chi connectivity index (χ4v) is 4.90. The van der Waals surface area contributed by atoms with Crippen molar-refractivity contribution in [2.75, 3.05) is 33.2 Å². The van der Waals surface area contributed by atoms with Crippen molar-refractivity contribution in [1.29, 1.82) is 5.26 Å². The van der Waals surface area contributed by atoms with E-state index in [1.165, 1.54) is 11.9 Å². The molecule has 8 heteroatoms. The third kappa shape index (κ3) is 5.13. The molecule has 2 aromatic heterocycles. The second-order valence-corrected chi connectivity index (χ2v) is 8.82. The number of nitrogens with zero attached hydrogens (tertiary/aromatic N) is 4. The molecule has 1 atom stereocenters. The van der Waals surface area contributed by atoms with Crippen LogP contribution in [-0.2, 0) is 11.3 Å². The van der Waals surface area contributed by atoms with Gasteiger partial charge in [0.2, 0.25) is 5.91 Å². The van der Waals surface area contributed by atoms with E-state index < -0.39 is 0 Å². The van der Waals surface area contributed by atoms with Gasteiger partial charge in [0.15, 0.2) is 0 Å². The molecule has 1 aliphatic rings. The van der Waals surface area contributed by atoms with Crippen LogP contribution in [0.5, 0.6) is 0 Å². The first-order valence-electron chi connectivity index (χ1n) is 10.7. The Morgan fingerprint density at radius 3 is 3.00 bits per heavy atom. The number of H-pyrrole nitrogens is 1. The number of carbonyl (C=O) groups is 1. The summed E-state index contributed by atoms with van der Waals surface area (Å²) in [5, 5.41) is 10.4. The summed E-state index contributed by atoms with van der Waals surface area (Å²) in [6, 6.07) is 13.7. The second kappa shape index (κ2) is 10.1. The molecule has 0 spiro atoms. The minimum Gasteiger partial charge on any atom is -0.361 e. The number of nitrogens with one attached hydrogen (secondary N) is 2. The highest BCUT2D eigenvalue weighted by Crippen LogP contribution is 2.26. The lowest BCUT2D eigenvalue weighted by Gasteiger charge is -2.27.